The molecule has 0 fully saturated rings. The zero-order chi connectivity index (χ0) is 21.9. The first-order chi connectivity index (χ1) is 14.1. The fourth-order valence-corrected chi connectivity index (χ4v) is 3.06. The van der Waals surface area contributed by atoms with Crippen LogP contribution >= 0.6 is 0 Å². The summed E-state index contributed by atoms with van der Waals surface area (Å²) in [6.45, 7) is 1.79. The second kappa shape index (κ2) is 8.27. The first kappa shape index (κ1) is 20.9. The molecule has 0 atom stereocenters. The van der Waals surface area contributed by atoms with Gasteiger partial charge in [0.2, 0.25) is 0 Å². The van der Waals surface area contributed by atoms with Gasteiger partial charge >= 0.3 is 0 Å². The lowest BCUT2D eigenvalue weighted by atomic mass is 10.2. The number of aromatic hydroxyl groups is 1. The van der Waals surface area contributed by atoms with Crippen LogP contribution in [-0.2, 0) is 10.1 Å². The van der Waals surface area contributed by atoms with E-state index in [2.05, 4.69) is 15.5 Å². The van der Waals surface area contributed by atoms with Gasteiger partial charge in [0.25, 0.3) is 15.8 Å². The largest absolute Gasteiger partial charge is 0.508 e. The number of nitrogens with zero attached hydrogens (tertiary/aromatic N) is 3. The summed E-state index contributed by atoms with van der Waals surface area (Å²) in [6.07, 6.45) is 0. The number of hydrogen-bond donors (Lipinski definition) is 3. The maximum atomic E-state index is 11.3. The van der Waals surface area contributed by atoms with Crippen molar-refractivity contribution in [2.24, 2.45) is 10.2 Å². The molecule has 0 saturated heterocycles. The molecule has 0 aliphatic rings. The summed E-state index contributed by atoms with van der Waals surface area (Å²) in [7, 11) is -4.56. The van der Waals surface area contributed by atoms with Gasteiger partial charge in [-0.15, -0.1) is 0 Å². The van der Waals surface area contributed by atoms with Crippen molar-refractivity contribution >= 4 is 38.6 Å². The second-order valence-corrected chi connectivity index (χ2v) is 7.68. The lowest BCUT2D eigenvalue weighted by Crippen LogP contribution is -2.02. The summed E-state index contributed by atoms with van der Waals surface area (Å²) in [5.41, 5.74) is 1.95. The molecule has 0 aliphatic carbocycles. The highest BCUT2D eigenvalue weighted by molar-refractivity contribution is 7.85. The van der Waals surface area contributed by atoms with Crippen molar-refractivity contribution in [3.63, 3.8) is 0 Å². The molecule has 3 rings (SSSR count). The minimum absolute atomic E-state index is 0.0569. The van der Waals surface area contributed by atoms with Crippen molar-refractivity contribution in [3.8, 4) is 5.75 Å². The summed E-state index contributed by atoms with van der Waals surface area (Å²) in [4.78, 5) is 9.94. The normalized spacial score (nSPS) is 11.5. The average molecular weight is 428 g/mol. The Morgan fingerprint density at radius 3 is 2.30 bits per heavy atom. The number of azo groups is 1. The Labute approximate surface area is 171 Å². The van der Waals surface area contributed by atoms with Crippen LogP contribution in [0, 0.1) is 17.0 Å². The Kier molecular flexibility index (Phi) is 5.76. The molecule has 3 aromatic rings. The third-order valence-electron chi connectivity index (χ3n) is 4.06. The van der Waals surface area contributed by atoms with Crippen molar-refractivity contribution in [3.05, 3.63) is 76.3 Å². The van der Waals surface area contributed by atoms with Gasteiger partial charge in [0.1, 0.15) is 16.3 Å². The zero-order valence-corrected chi connectivity index (χ0v) is 16.4. The van der Waals surface area contributed by atoms with Crippen molar-refractivity contribution in [2.75, 3.05) is 5.32 Å². The molecule has 0 saturated carbocycles. The highest BCUT2D eigenvalue weighted by Gasteiger charge is 2.20. The second-order valence-electron chi connectivity index (χ2n) is 6.25. The number of phenols is 1. The number of rotatable bonds is 6. The predicted molar refractivity (Wildman–Crippen MR) is 110 cm³/mol. The van der Waals surface area contributed by atoms with Gasteiger partial charge < -0.3 is 10.4 Å². The molecule has 0 amide bonds. The van der Waals surface area contributed by atoms with E-state index in [1.165, 1.54) is 12.1 Å². The van der Waals surface area contributed by atoms with E-state index in [1.54, 1.807) is 43.3 Å². The van der Waals surface area contributed by atoms with Crippen molar-refractivity contribution in [1.82, 2.24) is 0 Å². The van der Waals surface area contributed by atoms with Crippen molar-refractivity contribution in [1.29, 1.82) is 0 Å². The van der Waals surface area contributed by atoms with E-state index in [-0.39, 0.29) is 11.4 Å². The number of nitrogens with one attached hydrogen (secondary N) is 1. The lowest BCUT2D eigenvalue weighted by Gasteiger charge is -2.08. The molecule has 0 aliphatic heterocycles. The van der Waals surface area contributed by atoms with Gasteiger partial charge in [-0.1, -0.05) is 0 Å². The van der Waals surface area contributed by atoms with Crippen LogP contribution in [0.1, 0.15) is 5.56 Å². The maximum Gasteiger partial charge on any atom is 0.294 e. The minimum Gasteiger partial charge on any atom is -0.508 e. The molecule has 0 radical (unpaired) electrons. The predicted octanol–water partition coefficient (Wildman–Crippen LogP) is 5.01. The summed E-state index contributed by atoms with van der Waals surface area (Å²) in [5, 5.41) is 31.7. The average Bonchev–Trinajstić information content (AvgIpc) is 2.68. The first-order valence-electron chi connectivity index (χ1n) is 8.48. The van der Waals surface area contributed by atoms with Crippen LogP contribution < -0.4 is 5.32 Å². The first-order valence-corrected chi connectivity index (χ1v) is 9.92. The zero-order valence-electron chi connectivity index (χ0n) is 15.6. The van der Waals surface area contributed by atoms with E-state index in [4.69, 9.17) is 4.55 Å². The Hall–Kier alpha value is -3.83. The maximum absolute atomic E-state index is 11.3. The molecule has 30 heavy (non-hydrogen) atoms. The SMILES string of the molecule is Cc1cc(O)ccc1N=Nc1ccc(Nc2ccc(S(=O)(=O)O)cc2[N+](=O)[O-])cc1. The third kappa shape index (κ3) is 4.96. The Balaban J connectivity index is 1.80. The number of benzene rings is 3. The summed E-state index contributed by atoms with van der Waals surface area (Å²) < 4.78 is 31.5. The van der Waals surface area contributed by atoms with Gasteiger partial charge in [-0.25, -0.2) is 0 Å². The van der Waals surface area contributed by atoms with Gasteiger partial charge in [0, 0.05) is 11.8 Å². The Morgan fingerprint density at radius 1 is 1.00 bits per heavy atom. The molecular weight excluding hydrogens is 412 g/mol. The molecule has 0 bridgehead atoms. The van der Waals surface area contributed by atoms with E-state index < -0.39 is 25.6 Å². The molecule has 10 nitrogen and oxygen atoms in total. The number of nitro benzene ring substituents is 1. The molecule has 154 valence electrons. The van der Waals surface area contributed by atoms with Gasteiger partial charge in [-0.3, -0.25) is 14.7 Å². The fourth-order valence-electron chi connectivity index (χ4n) is 2.56. The summed E-state index contributed by atoms with van der Waals surface area (Å²) >= 11 is 0. The topological polar surface area (TPSA) is 154 Å². The van der Waals surface area contributed by atoms with Crippen LogP contribution in [-0.4, -0.2) is 23.0 Å². The number of phenolic OH excluding ortho intramolecular Hbond substituents is 1. The van der Waals surface area contributed by atoms with E-state index in [1.807, 2.05) is 0 Å². The van der Waals surface area contributed by atoms with Gasteiger partial charge in [-0.2, -0.15) is 18.6 Å². The quantitative estimate of drug-likeness (QED) is 0.216. The summed E-state index contributed by atoms with van der Waals surface area (Å²) in [5.74, 6) is 0.139. The molecule has 0 aromatic heterocycles. The van der Waals surface area contributed by atoms with Crippen LogP contribution in [0.4, 0.5) is 28.4 Å². The monoisotopic (exact) mass is 428 g/mol. The van der Waals surface area contributed by atoms with Gasteiger partial charge in [-0.05, 0) is 67.1 Å². The Bertz CT molecular complexity index is 1240. The molecule has 3 N–H and O–H groups in total. The Morgan fingerprint density at radius 2 is 1.70 bits per heavy atom. The molecule has 0 spiro atoms. The van der Waals surface area contributed by atoms with Crippen LogP contribution in [0.3, 0.4) is 0 Å². The highest BCUT2D eigenvalue weighted by atomic mass is 32.2. The van der Waals surface area contributed by atoms with Gasteiger partial charge in [0.05, 0.1) is 16.3 Å². The van der Waals surface area contributed by atoms with Gasteiger partial charge in [0.15, 0.2) is 0 Å². The lowest BCUT2D eigenvalue weighted by molar-refractivity contribution is -0.384. The molecular formula is C19H16N4O6S. The van der Waals surface area contributed by atoms with E-state index in [0.29, 0.717) is 17.1 Å². The van der Waals surface area contributed by atoms with Crippen LogP contribution in [0.15, 0.2) is 75.8 Å². The smallest absolute Gasteiger partial charge is 0.294 e. The van der Waals surface area contributed by atoms with Crippen LogP contribution in [0.5, 0.6) is 5.75 Å². The van der Waals surface area contributed by atoms with E-state index >= 15 is 0 Å². The van der Waals surface area contributed by atoms with Crippen LogP contribution in [0.2, 0.25) is 0 Å². The molecule has 11 heteroatoms. The highest BCUT2D eigenvalue weighted by Crippen LogP contribution is 2.31. The minimum atomic E-state index is -4.56. The molecule has 3 aromatic carbocycles. The van der Waals surface area contributed by atoms with E-state index in [9.17, 15) is 23.6 Å². The third-order valence-corrected chi connectivity index (χ3v) is 4.91. The molecule has 0 heterocycles. The van der Waals surface area contributed by atoms with Crippen molar-refractivity contribution < 1.29 is 23.0 Å². The fraction of sp³-hybridized carbons (Fsp3) is 0.0526. The van der Waals surface area contributed by atoms with Crippen LogP contribution in [0.25, 0.3) is 0 Å². The number of aryl methyl sites for hydroxylation is 1. The number of anilines is 2. The molecule has 0 unspecified atom stereocenters. The standard InChI is InChI=1S/C19H16N4O6S/c1-12-10-15(24)6-8-17(12)22-21-14-4-2-13(3-5-14)20-18-9-7-16(30(27,28)29)11-19(18)23(25)26/h2-11,20,24H,1H3,(H,27,28,29). The van der Waals surface area contributed by atoms with Crippen molar-refractivity contribution in [2.45, 2.75) is 11.8 Å². The number of nitro groups is 1. The van der Waals surface area contributed by atoms with E-state index in [0.717, 1.165) is 17.7 Å². The number of hydrogen-bond acceptors (Lipinski definition) is 8. The summed E-state index contributed by atoms with van der Waals surface area (Å²) in [6, 6.07) is 14.3.